The normalized spacial score (nSPS) is 21.2. The van der Waals surface area contributed by atoms with E-state index in [1.165, 1.54) is 12.1 Å². The first-order chi connectivity index (χ1) is 6.98. The fraction of sp³-hybridized carbons (Fsp3) is 0.400. The van der Waals surface area contributed by atoms with Crippen molar-refractivity contribution in [2.45, 2.75) is 18.6 Å². The van der Waals surface area contributed by atoms with Crippen molar-refractivity contribution < 1.29 is 13.2 Å². The molecule has 82 valence electrons. The predicted molar refractivity (Wildman–Crippen MR) is 54.5 cm³/mol. The summed E-state index contributed by atoms with van der Waals surface area (Å²) in [6, 6.07) is 4.47. The van der Waals surface area contributed by atoms with Crippen LogP contribution in [0.25, 0.3) is 0 Å². The molecular weight excluding hydrogens is 271 g/mol. The molecule has 0 saturated carbocycles. The lowest BCUT2D eigenvalue weighted by atomic mass is 9.96. The van der Waals surface area contributed by atoms with Gasteiger partial charge >= 0.3 is 6.18 Å². The highest BCUT2D eigenvalue weighted by Gasteiger charge is 2.34. The van der Waals surface area contributed by atoms with E-state index in [0.29, 0.717) is 5.56 Å². The minimum absolute atomic E-state index is 0.0826. The van der Waals surface area contributed by atoms with Gasteiger partial charge < -0.3 is 5.32 Å². The van der Waals surface area contributed by atoms with E-state index in [-0.39, 0.29) is 10.5 Å². The molecule has 1 N–H and O–H groups in total. The molecule has 15 heavy (non-hydrogen) atoms. The van der Waals surface area contributed by atoms with E-state index in [9.17, 15) is 13.2 Å². The second-order valence-corrected chi connectivity index (χ2v) is 4.39. The predicted octanol–water partition coefficient (Wildman–Crippen LogP) is 3.50. The fourth-order valence-corrected chi connectivity index (χ4v) is 2.02. The zero-order valence-electron chi connectivity index (χ0n) is 7.74. The summed E-state index contributed by atoms with van der Waals surface area (Å²) < 4.78 is 37.8. The van der Waals surface area contributed by atoms with Crippen LogP contribution in [-0.4, -0.2) is 6.54 Å². The standard InChI is InChI=1S/C10H9BrF3N/c11-8-2-1-6(9-3-4-15-9)5-7(8)10(12,13)14/h1-2,5,9,15H,3-4H2. The molecule has 0 bridgehead atoms. The van der Waals surface area contributed by atoms with Crippen LogP contribution in [0, 0.1) is 0 Å². The van der Waals surface area contributed by atoms with Crippen LogP contribution in [0.2, 0.25) is 0 Å². The van der Waals surface area contributed by atoms with E-state index in [4.69, 9.17) is 0 Å². The van der Waals surface area contributed by atoms with E-state index >= 15 is 0 Å². The minimum atomic E-state index is -4.29. The summed E-state index contributed by atoms with van der Waals surface area (Å²) in [7, 11) is 0. The molecule has 0 radical (unpaired) electrons. The van der Waals surface area contributed by atoms with Crippen LogP contribution in [0.5, 0.6) is 0 Å². The molecule has 0 amide bonds. The molecule has 5 heteroatoms. The Morgan fingerprint density at radius 3 is 2.47 bits per heavy atom. The molecule has 0 aromatic heterocycles. The average Bonchev–Trinajstić information content (AvgIpc) is 2.03. The zero-order chi connectivity index (χ0) is 11.1. The summed E-state index contributed by atoms with van der Waals surface area (Å²) in [6.07, 6.45) is -3.39. The first kappa shape index (κ1) is 11.0. The Hall–Kier alpha value is -0.550. The van der Waals surface area contributed by atoms with E-state index in [2.05, 4.69) is 21.2 Å². The van der Waals surface area contributed by atoms with Gasteiger partial charge in [-0.25, -0.2) is 0 Å². The third kappa shape index (κ3) is 2.18. The molecule has 1 aliphatic heterocycles. The highest BCUT2D eigenvalue weighted by atomic mass is 79.9. The van der Waals surface area contributed by atoms with Crippen molar-refractivity contribution in [1.29, 1.82) is 0 Å². The van der Waals surface area contributed by atoms with E-state index in [0.717, 1.165) is 13.0 Å². The Labute approximate surface area is 93.8 Å². The van der Waals surface area contributed by atoms with Gasteiger partial charge in [0.05, 0.1) is 5.56 Å². The van der Waals surface area contributed by atoms with Gasteiger partial charge in [0.2, 0.25) is 0 Å². The average molecular weight is 280 g/mol. The highest BCUT2D eigenvalue weighted by molar-refractivity contribution is 9.10. The van der Waals surface area contributed by atoms with Gasteiger partial charge in [-0.2, -0.15) is 13.2 Å². The Morgan fingerprint density at radius 1 is 1.33 bits per heavy atom. The maximum absolute atomic E-state index is 12.6. The molecule has 1 aromatic carbocycles. The Bertz CT molecular complexity index is 371. The molecule has 0 aliphatic carbocycles. The van der Waals surface area contributed by atoms with Gasteiger partial charge in [-0.05, 0) is 30.7 Å². The van der Waals surface area contributed by atoms with Crippen molar-refractivity contribution in [2.75, 3.05) is 6.54 Å². The molecule has 1 heterocycles. The maximum atomic E-state index is 12.6. The molecule has 1 fully saturated rings. The summed E-state index contributed by atoms with van der Waals surface area (Å²) in [5, 5.41) is 3.08. The van der Waals surface area contributed by atoms with E-state index < -0.39 is 11.7 Å². The second-order valence-electron chi connectivity index (χ2n) is 3.53. The van der Waals surface area contributed by atoms with Crippen molar-refractivity contribution in [3.05, 3.63) is 33.8 Å². The molecule has 1 nitrogen and oxygen atoms in total. The van der Waals surface area contributed by atoms with Gasteiger partial charge in [0.1, 0.15) is 0 Å². The molecule has 1 aliphatic rings. The van der Waals surface area contributed by atoms with Crippen molar-refractivity contribution >= 4 is 15.9 Å². The Kier molecular flexibility index (Phi) is 2.77. The fourth-order valence-electron chi connectivity index (χ4n) is 1.55. The van der Waals surface area contributed by atoms with Crippen LogP contribution in [0.3, 0.4) is 0 Å². The molecule has 1 aromatic rings. The summed E-state index contributed by atoms with van der Waals surface area (Å²) >= 11 is 2.91. The van der Waals surface area contributed by atoms with Gasteiger partial charge in [-0.15, -0.1) is 0 Å². The number of rotatable bonds is 1. The van der Waals surface area contributed by atoms with Crippen molar-refractivity contribution in [3.8, 4) is 0 Å². The van der Waals surface area contributed by atoms with Crippen LogP contribution in [-0.2, 0) is 6.18 Å². The summed E-state index contributed by atoms with van der Waals surface area (Å²) in [5.74, 6) is 0. The van der Waals surface area contributed by atoms with Crippen LogP contribution < -0.4 is 5.32 Å². The number of halogens is 4. The molecule has 2 rings (SSSR count). The number of alkyl halides is 3. The summed E-state index contributed by atoms with van der Waals surface area (Å²) in [4.78, 5) is 0. The maximum Gasteiger partial charge on any atom is 0.417 e. The lowest BCUT2D eigenvalue weighted by Crippen LogP contribution is -2.35. The van der Waals surface area contributed by atoms with E-state index in [1.807, 2.05) is 0 Å². The number of benzene rings is 1. The highest BCUT2D eigenvalue weighted by Crippen LogP contribution is 2.37. The zero-order valence-corrected chi connectivity index (χ0v) is 9.32. The summed E-state index contributed by atoms with van der Waals surface area (Å²) in [5.41, 5.74) is 0.102. The van der Waals surface area contributed by atoms with Gasteiger partial charge in [0.15, 0.2) is 0 Å². The lowest BCUT2D eigenvalue weighted by Gasteiger charge is -2.28. The lowest BCUT2D eigenvalue weighted by molar-refractivity contribution is -0.138. The van der Waals surface area contributed by atoms with Gasteiger partial charge in [0, 0.05) is 10.5 Å². The molecule has 1 atom stereocenters. The SMILES string of the molecule is FC(F)(F)c1cc(C2CCN2)ccc1Br. The number of nitrogens with one attached hydrogen (secondary N) is 1. The monoisotopic (exact) mass is 279 g/mol. The Balaban J connectivity index is 2.36. The summed E-state index contributed by atoms with van der Waals surface area (Å²) in [6.45, 7) is 0.877. The quantitative estimate of drug-likeness (QED) is 0.830. The number of hydrogen-bond donors (Lipinski definition) is 1. The third-order valence-electron chi connectivity index (χ3n) is 2.52. The molecule has 0 spiro atoms. The van der Waals surface area contributed by atoms with Crippen molar-refractivity contribution in [3.63, 3.8) is 0 Å². The third-order valence-corrected chi connectivity index (χ3v) is 3.21. The van der Waals surface area contributed by atoms with Crippen molar-refractivity contribution in [1.82, 2.24) is 5.32 Å². The first-order valence-corrected chi connectivity index (χ1v) is 5.38. The topological polar surface area (TPSA) is 12.0 Å². The van der Waals surface area contributed by atoms with Crippen LogP contribution in [0.1, 0.15) is 23.6 Å². The van der Waals surface area contributed by atoms with E-state index in [1.54, 1.807) is 6.07 Å². The van der Waals surface area contributed by atoms with Crippen molar-refractivity contribution in [2.24, 2.45) is 0 Å². The second kappa shape index (κ2) is 3.79. The molecular formula is C10H9BrF3N. The van der Waals surface area contributed by atoms with Gasteiger partial charge in [0.25, 0.3) is 0 Å². The Morgan fingerprint density at radius 2 is 2.00 bits per heavy atom. The largest absolute Gasteiger partial charge is 0.417 e. The molecule has 1 saturated heterocycles. The smallest absolute Gasteiger partial charge is 0.310 e. The van der Waals surface area contributed by atoms with Gasteiger partial charge in [-0.3, -0.25) is 0 Å². The van der Waals surface area contributed by atoms with Crippen LogP contribution in [0.4, 0.5) is 13.2 Å². The molecule has 1 unspecified atom stereocenters. The van der Waals surface area contributed by atoms with Crippen LogP contribution in [0.15, 0.2) is 22.7 Å². The number of hydrogen-bond acceptors (Lipinski definition) is 1. The van der Waals surface area contributed by atoms with Crippen LogP contribution >= 0.6 is 15.9 Å². The van der Waals surface area contributed by atoms with Gasteiger partial charge in [-0.1, -0.05) is 22.0 Å². The first-order valence-electron chi connectivity index (χ1n) is 4.58. The minimum Gasteiger partial charge on any atom is -0.310 e.